The first kappa shape index (κ1) is 16.2. The van der Waals surface area contributed by atoms with Crippen LogP contribution in [-0.2, 0) is 9.59 Å². The summed E-state index contributed by atoms with van der Waals surface area (Å²) in [5, 5.41) is 12.5. The van der Waals surface area contributed by atoms with Crippen molar-refractivity contribution in [3.8, 4) is 0 Å². The number of amides is 2. The van der Waals surface area contributed by atoms with Gasteiger partial charge >= 0.3 is 11.8 Å². The second-order valence-electron chi connectivity index (χ2n) is 5.91. The van der Waals surface area contributed by atoms with Gasteiger partial charge in [0.05, 0.1) is 6.61 Å². The fourth-order valence-electron chi connectivity index (χ4n) is 3.26. The highest BCUT2D eigenvalue weighted by atomic mass is 16.3. The first-order chi connectivity index (χ1) is 10.2. The van der Waals surface area contributed by atoms with Gasteiger partial charge in [0.15, 0.2) is 0 Å². The van der Waals surface area contributed by atoms with Crippen molar-refractivity contribution in [2.24, 2.45) is 0 Å². The largest absolute Gasteiger partial charge is 0.395 e. The highest BCUT2D eigenvalue weighted by Crippen LogP contribution is 2.22. The highest BCUT2D eigenvalue weighted by molar-refractivity contribution is 6.35. The van der Waals surface area contributed by atoms with Gasteiger partial charge in [0, 0.05) is 32.2 Å². The Bertz CT molecular complexity index is 348. The normalized spacial score (nSPS) is 20.9. The lowest BCUT2D eigenvalue weighted by Gasteiger charge is -2.34. The molecule has 0 atom stereocenters. The molecule has 0 aromatic heterocycles. The van der Waals surface area contributed by atoms with Crippen molar-refractivity contribution in [1.29, 1.82) is 0 Å². The van der Waals surface area contributed by atoms with Gasteiger partial charge in [-0.05, 0) is 25.8 Å². The van der Waals surface area contributed by atoms with Crippen LogP contribution in [0.4, 0.5) is 0 Å². The topological polar surface area (TPSA) is 72.9 Å². The van der Waals surface area contributed by atoms with Gasteiger partial charge in [-0.25, -0.2) is 0 Å². The third-order valence-electron chi connectivity index (χ3n) is 4.43. The van der Waals surface area contributed by atoms with Gasteiger partial charge < -0.3 is 20.2 Å². The number of nitrogens with one attached hydrogen (secondary N) is 1. The van der Waals surface area contributed by atoms with Crippen LogP contribution >= 0.6 is 0 Å². The SMILES string of the molecule is O=C(C(=O)N(CCO)C1CCCCC1)N1CCCNCC1. The van der Waals surface area contributed by atoms with E-state index < -0.39 is 11.8 Å². The van der Waals surface area contributed by atoms with E-state index in [4.69, 9.17) is 0 Å². The predicted octanol–water partition coefficient (Wildman–Crippen LogP) is -0.0381. The van der Waals surface area contributed by atoms with Crippen molar-refractivity contribution in [2.45, 2.75) is 44.6 Å². The molecule has 1 aliphatic carbocycles. The van der Waals surface area contributed by atoms with E-state index in [9.17, 15) is 14.7 Å². The van der Waals surface area contributed by atoms with Crippen LogP contribution in [0.1, 0.15) is 38.5 Å². The average Bonchev–Trinajstić information content (AvgIpc) is 2.81. The molecule has 21 heavy (non-hydrogen) atoms. The summed E-state index contributed by atoms with van der Waals surface area (Å²) in [5.41, 5.74) is 0. The summed E-state index contributed by atoms with van der Waals surface area (Å²) < 4.78 is 0. The highest BCUT2D eigenvalue weighted by Gasteiger charge is 2.32. The van der Waals surface area contributed by atoms with E-state index in [1.807, 2.05) is 0 Å². The van der Waals surface area contributed by atoms with Gasteiger partial charge in [0.1, 0.15) is 0 Å². The Balaban J connectivity index is 2.00. The van der Waals surface area contributed by atoms with Gasteiger partial charge in [-0.15, -0.1) is 0 Å². The molecule has 0 radical (unpaired) electrons. The molecular weight excluding hydrogens is 270 g/mol. The molecule has 2 amide bonds. The van der Waals surface area contributed by atoms with Crippen molar-refractivity contribution in [1.82, 2.24) is 15.1 Å². The Morgan fingerprint density at radius 2 is 1.86 bits per heavy atom. The zero-order chi connectivity index (χ0) is 15.1. The smallest absolute Gasteiger partial charge is 0.312 e. The standard InChI is InChI=1S/C15H27N3O3/c19-12-11-18(13-5-2-1-3-6-13)15(21)14(20)17-9-4-7-16-8-10-17/h13,16,19H,1-12H2. The zero-order valence-corrected chi connectivity index (χ0v) is 12.7. The average molecular weight is 297 g/mol. The maximum Gasteiger partial charge on any atom is 0.312 e. The number of nitrogens with zero attached hydrogens (tertiary/aromatic N) is 2. The van der Waals surface area contributed by atoms with Crippen LogP contribution in [0.15, 0.2) is 0 Å². The predicted molar refractivity (Wildman–Crippen MR) is 79.7 cm³/mol. The molecule has 2 rings (SSSR count). The number of carbonyl (C=O) groups is 2. The molecule has 0 aromatic carbocycles. The molecule has 1 heterocycles. The summed E-state index contributed by atoms with van der Waals surface area (Å²) in [6.07, 6.45) is 6.16. The van der Waals surface area contributed by atoms with Gasteiger partial charge in [-0.2, -0.15) is 0 Å². The van der Waals surface area contributed by atoms with Gasteiger partial charge in [0.2, 0.25) is 0 Å². The minimum atomic E-state index is -0.433. The molecule has 120 valence electrons. The Hall–Kier alpha value is -1.14. The van der Waals surface area contributed by atoms with E-state index in [0.29, 0.717) is 13.1 Å². The summed E-state index contributed by atoms with van der Waals surface area (Å²) in [7, 11) is 0. The van der Waals surface area contributed by atoms with Crippen LogP contribution in [-0.4, -0.2) is 72.1 Å². The summed E-state index contributed by atoms with van der Waals surface area (Å²) in [6, 6.07) is 0.118. The van der Waals surface area contributed by atoms with Gasteiger partial charge in [-0.1, -0.05) is 19.3 Å². The Morgan fingerprint density at radius 1 is 1.10 bits per heavy atom. The van der Waals surface area contributed by atoms with Gasteiger partial charge in [0.25, 0.3) is 0 Å². The van der Waals surface area contributed by atoms with E-state index in [2.05, 4.69) is 5.32 Å². The molecule has 1 saturated heterocycles. The van der Waals surface area contributed by atoms with Crippen molar-refractivity contribution >= 4 is 11.8 Å². The number of aliphatic hydroxyl groups is 1. The zero-order valence-electron chi connectivity index (χ0n) is 12.7. The number of carbonyl (C=O) groups excluding carboxylic acids is 2. The second-order valence-corrected chi connectivity index (χ2v) is 5.91. The maximum absolute atomic E-state index is 12.5. The summed E-state index contributed by atoms with van der Waals surface area (Å²) in [6.45, 7) is 3.03. The van der Waals surface area contributed by atoms with Crippen LogP contribution in [0.25, 0.3) is 0 Å². The summed E-state index contributed by atoms with van der Waals surface area (Å²) >= 11 is 0. The van der Waals surface area contributed by atoms with Crippen LogP contribution in [0, 0.1) is 0 Å². The van der Waals surface area contributed by atoms with E-state index in [1.54, 1.807) is 9.80 Å². The van der Waals surface area contributed by atoms with E-state index in [1.165, 1.54) is 6.42 Å². The number of hydrogen-bond donors (Lipinski definition) is 2. The van der Waals surface area contributed by atoms with Crippen LogP contribution < -0.4 is 5.32 Å². The third kappa shape index (κ3) is 4.41. The number of aliphatic hydroxyl groups excluding tert-OH is 1. The van der Waals surface area contributed by atoms with Crippen molar-refractivity contribution in [3.05, 3.63) is 0 Å². The van der Waals surface area contributed by atoms with E-state index >= 15 is 0 Å². The van der Waals surface area contributed by atoms with Crippen LogP contribution in [0.3, 0.4) is 0 Å². The maximum atomic E-state index is 12.5. The molecule has 2 N–H and O–H groups in total. The van der Waals surface area contributed by atoms with E-state index in [0.717, 1.165) is 45.2 Å². The monoisotopic (exact) mass is 297 g/mol. The second kappa shape index (κ2) is 8.34. The Morgan fingerprint density at radius 3 is 2.57 bits per heavy atom. The first-order valence-electron chi connectivity index (χ1n) is 8.15. The lowest BCUT2D eigenvalue weighted by molar-refractivity contribution is -0.153. The molecule has 1 saturated carbocycles. The molecule has 1 aliphatic heterocycles. The molecule has 6 nitrogen and oxygen atoms in total. The molecule has 0 bridgehead atoms. The molecule has 0 aromatic rings. The minimum Gasteiger partial charge on any atom is -0.395 e. The quantitative estimate of drug-likeness (QED) is 0.717. The fourth-order valence-corrected chi connectivity index (χ4v) is 3.26. The summed E-state index contributed by atoms with van der Waals surface area (Å²) in [4.78, 5) is 28.2. The van der Waals surface area contributed by atoms with Gasteiger partial charge in [-0.3, -0.25) is 9.59 Å². The molecule has 0 unspecified atom stereocenters. The number of rotatable bonds is 3. The minimum absolute atomic E-state index is 0.0862. The molecule has 6 heteroatoms. The fraction of sp³-hybridized carbons (Fsp3) is 0.867. The number of hydrogen-bond acceptors (Lipinski definition) is 4. The molecular formula is C15H27N3O3. The van der Waals surface area contributed by atoms with E-state index in [-0.39, 0.29) is 19.2 Å². The first-order valence-corrected chi connectivity index (χ1v) is 8.15. The van der Waals surface area contributed by atoms with Crippen LogP contribution in [0.2, 0.25) is 0 Å². The van der Waals surface area contributed by atoms with Crippen LogP contribution in [0.5, 0.6) is 0 Å². The third-order valence-corrected chi connectivity index (χ3v) is 4.43. The lowest BCUT2D eigenvalue weighted by Crippen LogP contribution is -2.51. The molecule has 0 spiro atoms. The molecule has 2 fully saturated rings. The lowest BCUT2D eigenvalue weighted by atomic mass is 9.94. The Labute approximate surface area is 126 Å². The van der Waals surface area contributed by atoms with Crippen molar-refractivity contribution in [2.75, 3.05) is 39.3 Å². The molecule has 2 aliphatic rings. The van der Waals surface area contributed by atoms with Crippen molar-refractivity contribution in [3.63, 3.8) is 0 Å². The Kier molecular flexibility index (Phi) is 6.45. The van der Waals surface area contributed by atoms with Crippen molar-refractivity contribution < 1.29 is 14.7 Å². The summed E-state index contributed by atoms with van der Waals surface area (Å²) in [5.74, 6) is -0.837.